The SMILES string of the molecule is O=C1C[C@H](c2ccccc2F)CCO1. The third kappa shape index (κ3) is 1.76. The summed E-state index contributed by atoms with van der Waals surface area (Å²) in [4.78, 5) is 11.0. The predicted molar refractivity (Wildman–Crippen MR) is 49.3 cm³/mol. The first-order valence-electron chi connectivity index (χ1n) is 4.67. The molecule has 0 saturated carbocycles. The number of ether oxygens (including phenoxy) is 1. The van der Waals surface area contributed by atoms with Gasteiger partial charge in [0.15, 0.2) is 0 Å². The zero-order chi connectivity index (χ0) is 9.97. The summed E-state index contributed by atoms with van der Waals surface area (Å²) in [6, 6.07) is 6.60. The fourth-order valence-electron chi connectivity index (χ4n) is 1.75. The Kier molecular flexibility index (Phi) is 2.48. The lowest BCUT2D eigenvalue weighted by atomic mass is 9.91. The van der Waals surface area contributed by atoms with Crippen molar-refractivity contribution >= 4 is 5.97 Å². The molecule has 1 aliphatic heterocycles. The first-order valence-corrected chi connectivity index (χ1v) is 4.67. The lowest BCUT2D eigenvalue weighted by Gasteiger charge is -2.21. The van der Waals surface area contributed by atoms with Crippen LogP contribution in [0.4, 0.5) is 4.39 Å². The third-order valence-electron chi connectivity index (χ3n) is 2.49. The van der Waals surface area contributed by atoms with Crippen molar-refractivity contribution in [2.75, 3.05) is 6.61 Å². The van der Waals surface area contributed by atoms with Gasteiger partial charge in [-0.25, -0.2) is 4.39 Å². The van der Waals surface area contributed by atoms with E-state index in [1.54, 1.807) is 18.2 Å². The summed E-state index contributed by atoms with van der Waals surface area (Å²) in [5.74, 6) is -0.478. The topological polar surface area (TPSA) is 26.3 Å². The maximum atomic E-state index is 13.3. The number of cyclic esters (lactones) is 1. The second-order valence-electron chi connectivity index (χ2n) is 3.43. The number of halogens is 1. The largest absolute Gasteiger partial charge is 0.466 e. The van der Waals surface area contributed by atoms with Crippen LogP contribution in [-0.2, 0) is 9.53 Å². The van der Waals surface area contributed by atoms with E-state index in [4.69, 9.17) is 4.74 Å². The molecule has 1 aromatic rings. The van der Waals surface area contributed by atoms with Crippen LogP contribution in [-0.4, -0.2) is 12.6 Å². The van der Waals surface area contributed by atoms with Gasteiger partial charge in [0.2, 0.25) is 0 Å². The highest BCUT2D eigenvalue weighted by atomic mass is 19.1. The van der Waals surface area contributed by atoms with Gasteiger partial charge < -0.3 is 4.74 Å². The van der Waals surface area contributed by atoms with E-state index < -0.39 is 0 Å². The minimum Gasteiger partial charge on any atom is -0.466 e. The molecule has 0 aliphatic carbocycles. The zero-order valence-corrected chi connectivity index (χ0v) is 7.70. The Bertz CT molecular complexity index is 349. The summed E-state index contributed by atoms with van der Waals surface area (Å²) in [6.45, 7) is 0.401. The molecule has 0 aromatic heterocycles. The van der Waals surface area contributed by atoms with Gasteiger partial charge >= 0.3 is 5.97 Å². The first-order chi connectivity index (χ1) is 6.77. The number of carbonyl (C=O) groups is 1. The molecule has 0 unspecified atom stereocenters. The average molecular weight is 194 g/mol. The van der Waals surface area contributed by atoms with Crippen LogP contribution in [0.2, 0.25) is 0 Å². The van der Waals surface area contributed by atoms with Gasteiger partial charge in [-0.1, -0.05) is 18.2 Å². The Hall–Kier alpha value is -1.38. The molecule has 14 heavy (non-hydrogen) atoms. The molecule has 74 valence electrons. The smallest absolute Gasteiger partial charge is 0.306 e. The fourth-order valence-corrected chi connectivity index (χ4v) is 1.75. The van der Waals surface area contributed by atoms with Gasteiger partial charge in [0.1, 0.15) is 5.82 Å². The summed E-state index contributed by atoms with van der Waals surface area (Å²) >= 11 is 0. The highest BCUT2D eigenvalue weighted by Gasteiger charge is 2.23. The van der Waals surface area contributed by atoms with E-state index in [1.165, 1.54) is 6.07 Å². The van der Waals surface area contributed by atoms with Crippen molar-refractivity contribution in [3.8, 4) is 0 Å². The van der Waals surface area contributed by atoms with Crippen LogP contribution in [0.3, 0.4) is 0 Å². The Labute approximate surface area is 81.7 Å². The van der Waals surface area contributed by atoms with E-state index in [1.807, 2.05) is 0 Å². The summed E-state index contributed by atoms with van der Waals surface area (Å²) in [6.07, 6.45) is 1.01. The summed E-state index contributed by atoms with van der Waals surface area (Å²) in [5, 5.41) is 0. The molecule has 0 amide bonds. The maximum absolute atomic E-state index is 13.3. The third-order valence-corrected chi connectivity index (χ3v) is 2.49. The summed E-state index contributed by atoms with van der Waals surface area (Å²) in [7, 11) is 0. The van der Waals surface area contributed by atoms with E-state index in [0.717, 1.165) is 0 Å². The molecule has 1 saturated heterocycles. The standard InChI is InChI=1S/C11H11FO2/c12-10-4-2-1-3-9(10)8-5-6-14-11(13)7-8/h1-4,8H,5-7H2/t8-/m1/s1. The van der Waals surface area contributed by atoms with Gasteiger partial charge in [-0.2, -0.15) is 0 Å². The number of hydrogen-bond donors (Lipinski definition) is 0. The molecule has 1 heterocycles. The number of carbonyl (C=O) groups excluding carboxylic acids is 1. The second kappa shape index (κ2) is 3.78. The Balaban J connectivity index is 2.22. The highest BCUT2D eigenvalue weighted by Crippen LogP contribution is 2.28. The molecule has 1 fully saturated rings. The Morgan fingerprint density at radius 2 is 2.14 bits per heavy atom. The van der Waals surface area contributed by atoms with E-state index >= 15 is 0 Å². The quantitative estimate of drug-likeness (QED) is 0.641. The Morgan fingerprint density at radius 3 is 2.86 bits per heavy atom. The van der Waals surface area contributed by atoms with Crippen LogP contribution >= 0.6 is 0 Å². The molecule has 0 bridgehead atoms. The molecule has 0 radical (unpaired) electrons. The van der Waals surface area contributed by atoms with Gasteiger partial charge in [-0.3, -0.25) is 4.79 Å². The van der Waals surface area contributed by atoms with E-state index in [-0.39, 0.29) is 17.7 Å². The van der Waals surface area contributed by atoms with Crippen molar-refractivity contribution in [3.05, 3.63) is 35.6 Å². The van der Waals surface area contributed by atoms with Gasteiger partial charge in [-0.15, -0.1) is 0 Å². The summed E-state index contributed by atoms with van der Waals surface area (Å²) in [5.41, 5.74) is 0.629. The van der Waals surface area contributed by atoms with Crippen molar-refractivity contribution in [1.29, 1.82) is 0 Å². The minimum absolute atomic E-state index is 0.0163. The number of esters is 1. The van der Waals surface area contributed by atoms with Gasteiger partial charge in [0.05, 0.1) is 13.0 Å². The zero-order valence-electron chi connectivity index (χ0n) is 7.70. The minimum atomic E-state index is -0.232. The van der Waals surface area contributed by atoms with Crippen LogP contribution in [0.5, 0.6) is 0 Å². The number of rotatable bonds is 1. The number of hydrogen-bond acceptors (Lipinski definition) is 2. The summed E-state index contributed by atoms with van der Waals surface area (Å²) < 4.78 is 18.2. The lowest BCUT2D eigenvalue weighted by molar-refractivity contribution is -0.147. The Morgan fingerprint density at radius 1 is 1.36 bits per heavy atom. The molecule has 1 aliphatic rings. The molecule has 0 spiro atoms. The molecule has 3 heteroatoms. The first kappa shape index (κ1) is 9.19. The number of benzene rings is 1. The van der Waals surface area contributed by atoms with Crippen molar-refractivity contribution in [2.45, 2.75) is 18.8 Å². The van der Waals surface area contributed by atoms with E-state index in [9.17, 15) is 9.18 Å². The normalized spacial score (nSPS) is 21.8. The van der Waals surface area contributed by atoms with Crippen LogP contribution in [0.15, 0.2) is 24.3 Å². The van der Waals surface area contributed by atoms with E-state index in [0.29, 0.717) is 25.0 Å². The molecule has 1 atom stereocenters. The van der Waals surface area contributed by atoms with Crippen molar-refractivity contribution in [1.82, 2.24) is 0 Å². The van der Waals surface area contributed by atoms with Crippen LogP contribution in [0.1, 0.15) is 24.3 Å². The molecular weight excluding hydrogens is 183 g/mol. The fraction of sp³-hybridized carbons (Fsp3) is 0.364. The second-order valence-corrected chi connectivity index (χ2v) is 3.43. The molecule has 0 N–H and O–H groups in total. The van der Waals surface area contributed by atoms with Gasteiger partial charge in [0.25, 0.3) is 0 Å². The van der Waals surface area contributed by atoms with Crippen LogP contribution < -0.4 is 0 Å². The van der Waals surface area contributed by atoms with E-state index in [2.05, 4.69) is 0 Å². The van der Waals surface area contributed by atoms with Crippen molar-refractivity contribution in [2.24, 2.45) is 0 Å². The van der Waals surface area contributed by atoms with Crippen molar-refractivity contribution < 1.29 is 13.9 Å². The molecule has 2 nitrogen and oxygen atoms in total. The average Bonchev–Trinajstić information content (AvgIpc) is 2.18. The molecular formula is C11H11FO2. The lowest BCUT2D eigenvalue weighted by Crippen LogP contribution is -2.20. The predicted octanol–water partition coefficient (Wildman–Crippen LogP) is 2.25. The van der Waals surface area contributed by atoms with Crippen molar-refractivity contribution in [3.63, 3.8) is 0 Å². The maximum Gasteiger partial charge on any atom is 0.306 e. The van der Waals surface area contributed by atoms with Crippen LogP contribution in [0.25, 0.3) is 0 Å². The van der Waals surface area contributed by atoms with Crippen LogP contribution in [0, 0.1) is 5.82 Å². The highest BCUT2D eigenvalue weighted by molar-refractivity contribution is 5.71. The molecule has 2 rings (SSSR count). The molecule has 1 aromatic carbocycles. The van der Waals surface area contributed by atoms with Gasteiger partial charge in [-0.05, 0) is 18.1 Å². The van der Waals surface area contributed by atoms with Gasteiger partial charge in [0, 0.05) is 5.92 Å². The monoisotopic (exact) mass is 194 g/mol.